The van der Waals surface area contributed by atoms with Crippen LogP contribution in [-0.4, -0.2) is 96.5 Å². The summed E-state index contributed by atoms with van der Waals surface area (Å²) >= 11 is 1.17. The number of thioether (sulfide) groups is 1. The molecule has 0 saturated heterocycles. The SMILES string of the molecule is C[C@H](N)C(=O)C(CC(=O)OCc1ccccc1)[C@H](NC(=O)CCSCC(=O)N(CCCNC(=O)OCC[Si](C)(C)C)[C@@H](c1cc(-c2cc(F)ccc2F)cn1Cc1ccccc1)C(C)(C)C)C(=O)OCc1ccccc1. The number of carbonyl (C=O) groups is 6. The standard InChI is InChI=1S/C58H73F2N5O9SSi/c1-40(61)54(69)47(34-52(68)73-37-42-20-13-9-14-21-42)53(56(70)74-38-43-22-15-10-16-23-43)63-50(66)26-30-75-39-51(67)65(28-17-27-62-57(71)72-29-31-76(5,6)7)55(58(2,3)4)49-32-44(46-33-45(59)24-25-48(46)60)36-64(49)35-41-18-11-8-12-19-41/h8-16,18-25,32-33,36,40,47,53,55H,17,26-31,34-35,37-39,61H2,1-7H3,(H,62,71)(H,63,66)/t40-,47?,53-,55-/m0/s1. The predicted octanol–water partition coefficient (Wildman–Crippen LogP) is 9.87. The number of aromatic nitrogens is 1. The Morgan fingerprint density at radius 3 is 2.00 bits per heavy atom. The second kappa shape index (κ2) is 29.0. The summed E-state index contributed by atoms with van der Waals surface area (Å²) in [4.78, 5) is 84.0. The number of amides is 3. The summed E-state index contributed by atoms with van der Waals surface area (Å²) in [5.74, 6) is -6.00. The average Bonchev–Trinajstić information content (AvgIpc) is 3.78. The van der Waals surface area contributed by atoms with Crippen LogP contribution in [0.3, 0.4) is 0 Å². The normalized spacial score (nSPS) is 13.1. The highest BCUT2D eigenvalue weighted by atomic mass is 32.2. The fraction of sp³-hybridized carbons (Fsp3) is 0.414. The quantitative estimate of drug-likeness (QED) is 0.0187. The molecule has 14 nitrogen and oxygen atoms in total. The number of ketones is 1. The lowest BCUT2D eigenvalue weighted by atomic mass is 9.83. The molecule has 3 amide bonds. The van der Waals surface area contributed by atoms with Crippen molar-refractivity contribution in [2.75, 3.05) is 31.2 Å². The molecule has 0 aliphatic rings. The Hall–Kier alpha value is -6.63. The molecule has 5 aromatic rings. The van der Waals surface area contributed by atoms with Crippen molar-refractivity contribution in [1.82, 2.24) is 20.1 Å². The van der Waals surface area contributed by atoms with Crippen LogP contribution in [-0.2, 0) is 57.9 Å². The van der Waals surface area contributed by atoms with Crippen molar-refractivity contribution in [1.29, 1.82) is 0 Å². The summed E-state index contributed by atoms with van der Waals surface area (Å²) in [7, 11) is -1.45. The molecule has 1 aromatic heterocycles. The molecular weight excluding hydrogens is 1010 g/mol. The summed E-state index contributed by atoms with van der Waals surface area (Å²) in [6, 6.07) is 29.9. The van der Waals surface area contributed by atoms with Crippen molar-refractivity contribution in [2.24, 2.45) is 17.1 Å². The highest BCUT2D eigenvalue weighted by Crippen LogP contribution is 2.41. The van der Waals surface area contributed by atoms with Gasteiger partial charge in [0.15, 0.2) is 5.78 Å². The van der Waals surface area contributed by atoms with E-state index >= 15 is 4.39 Å². The van der Waals surface area contributed by atoms with Gasteiger partial charge in [0.2, 0.25) is 11.8 Å². The smallest absolute Gasteiger partial charge is 0.407 e. The van der Waals surface area contributed by atoms with Crippen molar-refractivity contribution in [3.05, 3.63) is 155 Å². The number of rotatable bonds is 28. The number of hydrogen-bond donors (Lipinski definition) is 3. The molecule has 1 unspecified atom stereocenters. The predicted molar refractivity (Wildman–Crippen MR) is 294 cm³/mol. The lowest BCUT2D eigenvalue weighted by molar-refractivity contribution is -0.155. The van der Waals surface area contributed by atoms with Crippen molar-refractivity contribution in [2.45, 2.75) is 111 Å². The minimum Gasteiger partial charge on any atom is -0.461 e. The minimum atomic E-state index is -1.61. The lowest BCUT2D eigenvalue weighted by Gasteiger charge is -2.41. The van der Waals surface area contributed by atoms with Crippen LogP contribution in [0.1, 0.15) is 75.4 Å². The molecule has 408 valence electrons. The van der Waals surface area contributed by atoms with Gasteiger partial charge in [0.05, 0.1) is 36.8 Å². The third kappa shape index (κ3) is 19.5. The monoisotopic (exact) mass is 1080 g/mol. The number of nitrogens with zero attached hydrogens (tertiary/aromatic N) is 2. The summed E-state index contributed by atoms with van der Waals surface area (Å²) in [6.07, 6.45) is 0.765. The first-order valence-electron chi connectivity index (χ1n) is 25.6. The minimum absolute atomic E-state index is 0.0622. The fourth-order valence-corrected chi connectivity index (χ4v) is 9.97. The van der Waals surface area contributed by atoms with Gasteiger partial charge in [0.25, 0.3) is 0 Å². The summed E-state index contributed by atoms with van der Waals surface area (Å²) in [5.41, 5.74) is 8.84. The van der Waals surface area contributed by atoms with Gasteiger partial charge in [-0.2, -0.15) is 11.8 Å². The number of halogens is 2. The largest absolute Gasteiger partial charge is 0.461 e. The lowest BCUT2D eigenvalue weighted by Crippen LogP contribution is -2.52. The summed E-state index contributed by atoms with van der Waals surface area (Å²) in [6.45, 7) is 14.7. The summed E-state index contributed by atoms with van der Waals surface area (Å²) in [5, 5.41) is 5.46. The molecule has 1 heterocycles. The number of esters is 2. The first-order chi connectivity index (χ1) is 36.1. The Kier molecular flexibility index (Phi) is 23.0. The molecule has 0 radical (unpaired) electrons. The number of benzene rings is 4. The van der Waals surface area contributed by atoms with Crippen molar-refractivity contribution >= 4 is 55.5 Å². The van der Waals surface area contributed by atoms with Crippen molar-refractivity contribution < 1.29 is 51.8 Å². The third-order valence-electron chi connectivity index (χ3n) is 12.4. The van der Waals surface area contributed by atoms with E-state index in [2.05, 4.69) is 30.3 Å². The number of carbonyl (C=O) groups excluding carboxylic acids is 6. The van der Waals surface area contributed by atoms with Crippen LogP contribution in [0.25, 0.3) is 11.1 Å². The van der Waals surface area contributed by atoms with Gasteiger partial charge in [0, 0.05) is 62.9 Å². The van der Waals surface area contributed by atoms with Gasteiger partial charge >= 0.3 is 18.0 Å². The van der Waals surface area contributed by atoms with Crippen LogP contribution in [0.5, 0.6) is 0 Å². The van der Waals surface area contributed by atoms with E-state index < -0.39 is 85.3 Å². The third-order valence-corrected chi connectivity index (χ3v) is 15.0. The molecule has 0 spiro atoms. The molecule has 0 aliphatic heterocycles. The molecule has 4 atom stereocenters. The summed E-state index contributed by atoms with van der Waals surface area (Å²) < 4.78 is 48.6. The van der Waals surface area contributed by atoms with Gasteiger partial charge in [-0.25, -0.2) is 18.4 Å². The molecule has 5 rings (SSSR count). The van der Waals surface area contributed by atoms with E-state index in [1.807, 2.05) is 61.7 Å². The zero-order chi connectivity index (χ0) is 55.4. The maximum Gasteiger partial charge on any atom is 0.407 e. The van der Waals surface area contributed by atoms with E-state index in [9.17, 15) is 33.2 Å². The van der Waals surface area contributed by atoms with E-state index in [0.717, 1.165) is 29.8 Å². The van der Waals surface area contributed by atoms with Gasteiger partial charge in [-0.1, -0.05) is 131 Å². The molecule has 4 N–H and O–H groups in total. The van der Waals surface area contributed by atoms with E-state index in [0.29, 0.717) is 42.0 Å². The second-order valence-corrected chi connectivity index (χ2v) is 27.8. The van der Waals surface area contributed by atoms with Crippen LogP contribution in [0, 0.1) is 23.0 Å². The van der Waals surface area contributed by atoms with Gasteiger partial charge < -0.3 is 40.0 Å². The van der Waals surface area contributed by atoms with Gasteiger partial charge in [-0.05, 0) is 65.8 Å². The number of nitrogens with one attached hydrogen (secondary N) is 2. The Bertz CT molecular complexity index is 2700. The molecule has 18 heteroatoms. The van der Waals surface area contributed by atoms with E-state index in [1.54, 1.807) is 71.8 Å². The molecule has 76 heavy (non-hydrogen) atoms. The van der Waals surface area contributed by atoms with Crippen molar-refractivity contribution in [3.63, 3.8) is 0 Å². The molecule has 0 fully saturated rings. The maximum absolute atomic E-state index is 15.5. The second-order valence-electron chi connectivity index (χ2n) is 21.1. The first-order valence-corrected chi connectivity index (χ1v) is 30.4. The maximum atomic E-state index is 15.5. The van der Waals surface area contributed by atoms with Crippen molar-refractivity contribution in [3.8, 4) is 11.1 Å². The van der Waals surface area contributed by atoms with Gasteiger partial charge in [0.1, 0.15) is 30.9 Å². The highest BCUT2D eigenvalue weighted by molar-refractivity contribution is 7.99. The van der Waals surface area contributed by atoms with Crippen LogP contribution in [0.15, 0.2) is 121 Å². The molecular formula is C58H73F2N5O9SSi. The molecule has 0 saturated carbocycles. The Balaban J connectivity index is 1.38. The zero-order valence-corrected chi connectivity index (χ0v) is 46.5. The number of nitrogens with two attached hydrogens (primary N) is 1. The van der Waals surface area contributed by atoms with Gasteiger partial charge in [-0.15, -0.1) is 0 Å². The molecule has 0 bridgehead atoms. The average molecular weight is 1080 g/mol. The van der Waals surface area contributed by atoms with Crippen LogP contribution >= 0.6 is 11.8 Å². The first kappa shape index (κ1) is 60.2. The number of alkyl carbamates (subject to hydrolysis) is 1. The Morgan fingerprint density at radius 1 is 0.803 bits per heavy atom. The highest BCUT2D eigenvalue weighted by Gasteiger charge is 2.40. The van der Waals surface area contributed by atoms with E-state index in [4.69, 9.17) is 19.9 Å². The van der Waals surface area contributed by atoms with Crippen LogP contribution in [0.2, 0.25) is 25.7 Å². The van der Waals surface area contributed by atoms with E-state index in [1.165, 1.54) is 18.7 Å². The molecule has 4 aromatic carbocycles. The number of ether oxygens (including phenoxy) is 3. The van der Waals surface area contributed by atoms with E-state index in [-0.39, 0.29) is 55.7 Å². The van der Waals surface area contributed by atoms with Crippen LogP contribution in [0.4, 0.5) is 13.6 Å². The Labute approximate surface area is 450 Å². The number of Topliss-reactive ketones (excluding diaryl/α,β-unsaturated/α-hetero) is 1. The van der Waals surface area contributed by atoms with Crippen LogP contribution < -0.4 is 16.4 Å². The topological polar surface area (TPSA) is 188 Å². The zero-order valence-electron chi connectivity index (χ0n) is 44.7. The van der Waals surface area contributed by atoms with Gasteiger partial charge in [-0.3, -0.25) is 19.2 Å². The fourth-order valence-electron chi connectivity index (χ4n) is 8.44. The Morgan fingerprint density at radius 2 is 1.41 bits per heavy atom. The molecule has 0 aliphatic carbocycles. The number of hydrogen-bond acceptors (Lipinski definition) is 11.